The molecule has 0 spiro atoms. The fourth-order valence-electron chi connectivity index (χ4n) is 3.60. The quantitative estimate of drug-likeness (QED) is 0.314. The Morgan fingerprint density at radius 2 is 2.24 bits per heavy atom. The summed E-state index contributed by atoms with van der Waals surface area (Å²) in [5.41, 5.74) is 2.38. The molecule has 1 aromatic heterocycles. The van der Waals surface area contributed by atoms with Crippen molar-refractivity contribution < 1.29 is 13.9 Å². The van der Waals surface area contributed by atoms with Gasteiger partial charge in [-0.15, -0.1) is 0 Å². The Bertz CT molecular complexity index is 1260. The van der Waals surface area contributed by atoms with Crippen molar-refractivity contribution in [1.82, 2.24) is 4.98 Å². The first kappa shape index (κ1) is 24.5. The van der Waals surface area contributed by atoms with Crippen molar-refractivity contribution in [2.75, 3.05) is 23.0 Å². The first-order valence-corrected chi connectivity index (χ1v) is 13.5. The van der Waals surface area contributed by atoms with E-state index in [1.165, 1.54) is 24.4 Å². The number of benzene rings is 2. The number of anilines is 3. The SMILES string of the molecule is CCOc1cc2ncc(C#N)c(Nc3ccc(F)c(Cl)c3)c2cc1NC(=O)CCC1CCSS1. The van der Waals surface area contributed by atoms with E-state index in [2.05, 4.69) is 21.7 Å². The predicted octanol–water partition coefficient (Wildman–Crippen LogP) is 6.91. The van der Waals surface area contributed by atoms with Gasteiger partial charge in [0.15, 0.2) is 0 Å². The standard InChI is InChI=1S/C24H22ClFN4O2S2/c1-2-32-22-11-20-17(10-21(22)30-23(31)6-4-16-7-8-33-34-16)24(14(12-27)13-28-20)29-15-3-5-19(26)18(25)9-15/h3,5,9-11,13,16H,2,4,6-8H2,1H3,(H,28,29)(H,30,31). The fourth-order valence-corrected chi connectivity index (χ4v) is 6.76. The highest BCUT2D eigenvalue weighted by Gasteiger charge is 2.19. The molecule has 0 radical (unpaired) electrons. The molecule has 0 bridgehead atoms. The molecule has 1 aliphatic heterocycles. The third kappa shape index (κ3) is 5.69. The number of carbonyl (C=O) groups excluding carboxylic acids is 1. The number of nitrogens with zero attached hydrogens (tertiary/aromatic N) is 2. The maximum absolute atomic E-state index is 13.6. The van der Waals surface area contributed by atoms with Gasteiger partial charge in [0.2, 0.25) is 5.91 Å². The van der Waals surface area contributed by atoms with E-state index in [1.54, 1.807) is 12.1 Å². The monoisotopic (exact) mass is 516 g/mol. The van der Waals surface area contributed by atoms with Gasteiger partial charge in [0, 0.05) is 40.8 Å². The molecule has 1 aliphatic rings. The minimum atomic E-state index is -0.534. The summed E-state index contributed by atoms with van der Waals surface area (Å²) in [4.78, 5) is 17.1. The summed E-state index contributed by atoms with van der Waals surface area (Å²) in [6.45, 7) is 2.28. The average molecular weight is 517 g/mol. The van der Waals surface area contributed by atoms with E-state index in [4.69, 9.17) is 16.3 Å². The van der Waals surface area contributed by atoms with Crippen LogP contribution in [0.25, 0.3) is 10.9 Å². The smallest absolute Gasteiger partial charge is 0.224 e. The molecule has 2 heterocycles. The van der Waals surface area contributed by atoms with E-state index in [0.717, 1.165) is 18.6 Å². The van der Waals surface area contributed by atoms with Gasteiger partial charge in [0.25, 0.3) is 0 Å². The lowest BCUT2D eigenvalue weighted by Crippen LogP contribution is -2.14. The highest BCUT2D eigenvalue weighted by Crippen LogP contribution is 2.40. The summed E-state index contributed by atoms with van der Waals surface area (Å²) in [7, 11) is 3.70. The second-order valence-electron chi connectivity index (χ2n) is 7.63. The van der Waals surface area contributed by atoms with Crippen LogP contribution >= 0.6 is 33.2 Å². The molecule has 1 fully saturated rings. The Labute approximate surface area is 210 Å². The molecule has 176 valence electrons. The van der Waals surface area contributed by atoms with Gasteiger partial charge < -0.3 is 15.4 Å². The lowest BCUT2D eigenvalue weighted by atomic mass is 10.1. The first-order chi connectivity index (χ1) is 16.5. The van der Waals surface area contributed by atoms with E-state index < -0.39 is 5.82 Å². The summed E-state index contributed by atoms with van der Waals surface area (Å²) in [6.07, 6.45) is 3.81. The third-order valence-corrected chi connectivity index (χ3v) is 8.57. The number of pyridine rings is 1. The van der Waals surface area contributed by atoms with E-state index in [0.29, 0.717) is 57.6 Å². The van der Waals surface area contributed by atoms with E-state index in [9.17, 15) is 14.4 Å². The zero-order valence-corrected chi connectivity index (χ0v) is 20.7. The summed E-state index contributed by atoms with van der Waals surface area (Å²) < 4.78 is 19.4. The zero-order valence-electron chi connectivity index (χ0n) is 18.4. The van der Waals surface area contributed by atoms with Crippen molar-refractivity contribution in [2.45, 2.75) is 31.4 Å². The van der Waals surface area contributed by atoms with Crippen molar-refractivity contribution in [3.8, 4) is 11.8 Å². The zero-order chi connectivity index (χ0) is 24.1. The van der Waals surface area contributed by atoms with Crippen LogP contribution in [0.2, 0.25) is 5.02 Å². The molecule has 10 heteroatoms. The molecule has 34 heavy (non-hydrogen) atoms. The summed E-state index contributed by atoms with van der Waals surface area (Å²) >= 11 is 5.93. The predicted molar refractivity (Wildman–Crippen MR) is 139 cm³/mol. The third-order valence-electron chi connectivity index (χ3n) is 5.27. The van der Waals surface area contributed by atoms with Crippen molar-refractivity contribution in [1.29, 1.82) is 5.26 Å². The second-order valence-corrected chi connectivity index (χ2v) is 10.8. The minimum absolute atomic E-state index is 0.0349. The van der Waals surface area contributed by atoms with E-state index >= 15 is 0 Å². The number of nitrogens with one attached hydrogen (secondary N) is 2. The van der Waals surface area contributed by atoms with Crippen molar-refractivity contribution in [3.63, 3.8) is 0 Å². The van der Waals surface area contributed by atoms with Gasteiger partial charge in [-0.1, -0.05) is 33.2 Å². The number of halogens is 2. The Morgan fingerprint density at radius 3 is 2.94 bits per heavy atom. The average Bonchev–Trinajstić information content (AvgIpc) is 3.35. The molecule has 6 nitrogen and oxygen atoms in total. The Kier molecular flexibility index (Phi) is 8.03. The molecule has 1 atom stereocenters. The van der Waals surface area contributed by atoms with Crippen LogP contribution in [0.3, 0.4) is 0 Å². The molecule has 0 saturated carbocycles. The second kappa shape index (κ2) is 11.2. The maximum Gasteiger partial charge on any atom is 0.224 e. The van der Waals surface area contributed by atoms with E-state index in [-0.39, 0.29) is 10.9 Å². The topological polar surface area (TPSA) is 87.0 Å². The number of rotatable bonds is 8. The number of fused-ring (bicyclic) bond motifs is 1. The molecular weight excluding hydrogens is 495 g/mol. The van der Waals surface area contributed by atoms with E-state index in [1.807, 2.05) is 28.5 Å². The largest absolute Gasteiger partial charge is 0.492 e. The van der Waals surface area contributed by atoms with Gasteiger partial charge in [0.1, 0.15) is 17.6 Å². The number of ether oxygens (including phenoxy) is 1. The molecular formula is C24H22ClFN4O2S2. The first-order valence-electron chi connectivity index (χ1n) is 10.8. The van der Waals surface area contributed by atoms with Gasteiger partial charge in [-0.3, -0.25) is 9.78 Å². The molecule has 2 aromatic carbocycles. The molecule has 0 aliphatic carbocycles. The molecule has 1 unspecified atom stereocenters. The molecule has 1 amide bonds. The number of aromatic nitrogens is 1. The summed E-state index contributed by atoms with van der Waals surface area (Å²) in [6, 6.07) is 9.85. The molecule has 4 rings (SSSR count). The van der Waals surface area contributed by atoms with Crippen LogP contribution in [0.4, 0.5) is 21.5 Å². The lowest BCUT2D eigenvalue weighted by Gasteiger charge is -2.16. The lowest BCUT2D eigenvalue weighted by molar-refractivity contribution is -0.116. The number of hydrogen-bond acceptors (Lipinski definition) is 7. The Hall–Kier alpha value is -2.67. The molecule has 1 saturated heterocycles. The number of amides is 1. The van der Waals surface area contributed by atoms with Crippen molar-refractivity contribution in [3.05, 3.63) is 52.9 Å². The number of nitriles is 1. The van der Waals surface area contributed by atoms with Crippen LogP contribution in [-0.4, -0.2) is 28.5 Å². The highest BCUT2D eigenvalue weighted by atomic mass is 35.5. The van der Waals surface area contributed by atoms with Crippen LogP contribution in [0.1, 0.15) is 31.7 Å². The van der Waals surface area contributed by atoms with Crippen molar-refractivity contribution >= 4 is 67.1 Å². The molecule has 2 N–H and O–H groups in total. The van der Waals surface area contributed by atoms with Crippen LogP contribution in [0, 0.1) is 17.1 Å². The van der Waals surface area contributed by atoms with Crippen LogP contribution in [-0.2, 0) is 4.79 Å². The highest BCUT2D eigenvalue weighted by molar-refractivity contribution is 8.77. The normalized spacial score (nSPS) is 15.2. The summed E-state index contributed by atoms with van der Waals surface area (Å²) in [5, 5.41) is 16.9. The number of carbonyl (C=O) groups is 1. The van der Waals surface area contributed by atoms with Gasteiger partial charge in [-0.25, -0.2) is 4.39 Å². The van der Waals surface area contributed by atoms with Crippen LogP contribution in [0.15, 0.2) is 36.5 Å². The Balaban J connectivity index is 1.69. The fraction of sp³-hybridized carbons (Fsp3) is 0.292. The van der Waals surface area contributed by atoms with Gasteiger partial charge in [0.05, 0.1) is 34.1 Å². The minimum Gasteiger partial charge on any atom is -0.492 e. The molecule has 3 aromatic rings. The van der Waals surface area contributed by atoms with Crippen molar-refractivity contribution in [2.24, 2.45) is 0 Å². The maximum atomic E-state index is 13.6. The van der Waals surface area contributed by atoms with Crippen LogP contribution < -0.4 is 15.4 Å². The Morgan fingerprint density at radius 1 is 1.38 bits per heavy atom. The van der Waals surface area contributed by atoms with Gasteiger partial charge in [-0.2, -0.15) is 5.26 Å². The summed E-state index contributed by atoms with van der Waals surface area (Å²) in [5.74, 6) is 0.997. The van der Waals surface area contributed by atoms with Gasteiger partial charge >= 0.3 is 0 Å². The number of hydrogen-bond donors (Lipinski definition) is 2. The van der Waals surface area contributed by atoms with Crippen LogP contribution in [0.5, 0.6) is 5.75 Å². The van der Waals surface area contributed by atoms with Gasteiger partial charge in [-0.05, 0) is 44.0 Å².